The van der Waals surface area contributed by atoms with E-state index in [-0.39, 0.29) is 0 Å². The van der Waals surface area contributed by atoms with Gasteiger partial charge in [-0.15, -0.1) is 0 Å². The van der Waals surface area contributed by atoms with Crippen molar-refractivity contribution < 1.29 is 0 Å². The normalized spacial score (nSPS) is 27.1. The lowest BCUT2D eigenvalue weighted by molar-refractivity contribution is 0.248. The number of likely N-dealkylation sites (tertiary alicyclic amines) is 1. The molecule has 0 unspecified atom stereocenters. The highest BCUT2D eigenvalue weighted by molar-refractivity contribution is 5.22. The van der Waals surface area contributed by atoms with Gasteiger partial charge in [-0.2, -0.15) is 0 Å². The molecule has 82 valence electrons. The van der Waals surface area contributed by atoms with Crippen LogP contribution in [0.15, 0.2) is 30.3 Å². The van der Waals surface area contributed by atoms with Crippen LogP contribution in [0, 0.1) is 0 Å². The van der Waals surface area contributed by atoms with Crippen LogP contribution in [0.5, 0.6) is 0 Å². The fourth-order valence-electron chi connectivity index (χ4n) is 2.53. The minimum absolute atomic E-state index is 0.305. The summed E-state index contributed by atoms with van der Waals surface area (Å²) in [7, 11) is 0. The van der Waals surface area contributed by atoms with Gasteiger partial charge in [-0.3, -0.25) is 4.90 Å². The second kappa shape index (κ2) is 4.77. The summed E-state index contributed by atoms with van der Waals surface area (Å²) in [5.41, 5.74) is 7.56. The predicted molar refractivity (Wildman–Crippen MR) is 63.6 cm³/mol. The van der Waals surface area contributed by atoms with E-state index in [0.717, 1.165) is 19.5 Å². The minimum atomic E-state index is 0.305. The van der Waals surface area contributed by atoms with Crippen LogP contribution in [0.25, 0.3) is 0 Å². The van der Waals surface area contributed by atoms with E-state index in [0.29, 0.717) is 12.1 Å². The van der Waals surface area contributed by atoms with Crippen LogP contribution in [-0.4, -0.2) is 24.0 Å². The first-order valence-corrected chi connectivity index (χ1v) is 5.87. The molecular formula is C13H20N2. The molecule has 2 N–H and O–H groups in total. The average Bonchev–Trinajstić information content (AvgIpc) is 2.62. The molecule has 2 heteroatoms. The molecule has 0 amide bonds. The van der Waals surface area contributed by atoms with E-state index in [4.69, 9.17) is 5.73 Å². The van der Waals surface area contributed by atoms with Crippen molar-refractivity contribution in [2.75, 3.05) is 13.1 Å². The molecule has 1 aliphatic rings. The summed E-state index contributed by atoms with van der Waals surface area (Å²) in [6.45, 7) is 4.54. The fraction of sp³-hybridized carbons (Fsp3) is 0.538. The molecule has 1 saturated heterocycles. The summed E-state index contributed by atoms with van der Waals surface area (Å²) in [6, 6.07) is 11.4. The SMILES string of the molecule is CCCN1CC[C@@H](N)[C@@H]1c1ccccc1. The first kappa shape index (κ1) is 10.7. The van der Waals surface area contributed by atoms with Crippen molar-refractivity contribution >= 4 is 0 Å². The van der Waals surface area contributed by atoms with Gasteiger partial charge >= 0.3 is 0 Å². The second-order valence-corrected chi connectivity index (χ2v) is 4.34. The summed E-state index contributed by atoms with van der Waals surface area (Å²) < 4.78 is 0. The third-order valence-electron chi connectivity index (χ3n) is 3.20. The van der Waals surface area contributed by atoms with E-state index in [1.54, 1.807) is 0 Å². The Hall–Kier alpha value is -0.860. The Morgan fingerprint density at radius 1 is 1.33 bits per heavy atom. The van der Waals surface area contributed by atoms with E-state index in [1.807, 2.05) is 0 Å². The lowest BCUT2D eigenvalue weighted by Gasteiger charge is -2.26. The summed E-state index contributed by atoms with van der Waals surface area (Å²) in [4.78, 5) is 2.51. The topological polar surface area (TPSA) is 29.3 Å². The predicted octanol–water partition coefficient (Wildman–Crippen LogP) is 2.17. The van der Waals surface area contributed by atoms with Gasteiger partial charge < -0.3 is 5.73 Å². The van der Waals surface area contributed by atoms with Crippen molar-refractivity contribution in [2.45, 2.75) is 31.8 Å². The molecule has 1 aromatic carbocycles. The average molecular weight is 204 g/mol. The summed E-state index contributed by atoms with van der Waals surface area (Å²) >= 11 is 0. The Balaban J connectivity index is 2.17. The van der Waals surface area contributed by atoms with Crippen LogP contribution in [0.3, 0.4) is 0 Å². The van der Waals surface area contributed by atoms with Crippen LogP contribution >= 0.6 is 0 Å². The van der Waals surface area contributed by atoms with E-state index < -0.39 is 0 Å². The molecule has 2 rings (SSSR count). The lowest BCUT2D eigenvalue weighted by Crippen LogP contribution is -2.32. The highest BCUT2D eigenvalue weighted by Crippen LogP contribution is 2.30. The number of nitrogens with zero attached hydrogens (tertiary/aromatic N) is 1. The van der Waals surface area contributed by atoms with Gasteiger partial charge in [0, 0.05) is 18.6 Å². The van der Waals surface area contributed by atoms with E-state index in [9.17, 15) is 0 Å². The Kier molecular flexibility index (Phi) is 3.39. The van der Waals surface area contributed by atoms with Crippen LogP contribution in [0.1, 0.15) is 31.4 Å². The zero-order valence-corrected chi connectivity index (χ0v) is 9.39. The molecule has 2 nitrogen and oxygen atoms in total. The molecule has 1 fully saturated rings. The van der Waals surface area contributed by atoms with Gasteiger partial charge in [-0.05, 0) is 24.9 Å². The van der Waals surface area contributed by atoms with Crippen LogP contribution in [-0.2, 0) is 0 Å². The Bertz CT molecular complexity index is 295. The molecule has 1 aromatic rings. The van der Waals surface area contributed by atoms with Crippen molar-refractivity contribution in [3.8, 4) is 0 Å². The van der Waals surface area contributed by atoms with E-state index in [1.165, 1.54) is 12.0 Å². The highest BCUT2D eigenvalue weighted by Gasteiger charge is 2.31. The number of hydrogen-bond donors (Lipinski definition) is 1. The van der Waals surface area contributed by atoms with Crippen LogP contribution in [0.2, 0.25) is 0 Å². The second-order valence-electron chi connectivity index (χ2n) is 4.34. The quantitative estimate of drug-likeness (QED) is 0.817. The van der Waals surface area contributed by atoms with Crippen molar-refractivity contribution in [1.29, 1.82) is 0 Å². The zero-order chi connectivity index (χ0) is 10.7. The van der Waals surface area contributed by atoms with Gasteiger partial charge in [0.1, 0.15) is 0 Å². The van der Waals surface area contributed by atoms with E-state index in [2.05, 4.69) is 42.2 Å². The van der Waals surface area contributed by atoms with Crippen LogP contribution < -0.4 is 5.73 Å². The summed E-state index contributed by atoms with van der Waals surface area (Å²) in [5, 5.41) is 0. The third-order valence-corrected chi connectivity index (χ3v) is 3.20. The Morgan fingerprint density at radius 3 is 2.73 bits per heavy atom. The molecule has 0 saturated carbocycles. The van der Waals surface area contributed by atoms with Gasteiger partial charge in [0.25, 0.3) is 0 Å². The van der Waals surface area contributed by atoms with Gasteiger partial charge in [-0.25, -0.2) is 0 Å². The molecule has 0 aliphatic carbocycles. The van der Waals surface area contributed by atoms with E-state index >= 15 is 0 Å². The Labute approximate surface area is 92.1 Å². The smallest absolute Gasteiger partial charge is 0.0499 e. The third kappa shape index (κ3) is 2.21. The number of nitrogens with two attached hydrogens (primary N) is 1. The fourth-order valence-corrected chi connectivity index (χ4v) is 2.53. The maximum absolute atomic E-state index is 6.19. The first-order valence-electron chi connectivity index (χ1n) is 5.87. The molecule has 0 bridgehead atoms. The molecular weight excluding hydrogens is 184 g/mol. The standard InChI is InChI=1S/C13H20N2/c1-2-9-15-10-8-12(14)13(15)11-6-4-3-5-7-11/h3-7,12-13H,2,8-10,14H2,1H3/t12-,13+/m1/s1. The largest absolute Gasteiger partial charge is 0.326 e. The molecule has 0 aromatic heterocycles. The molecule has 15 heavy (non-hydrogen) atoms. The van der Waals surface area contributed by atoms with Crippen molar-refractivity contribution in [3.05, 3.63) is 35.9 Å². The molecule has 1 aliphatic heterocycles. The maximum Gasteiger partial charge on any atom is 0.0499 e. The van der Waals surface area contributed by atoms with Gasteiger partial charge in [0.15, 0.2) is 0 Å². The lowest BCUT2D eigenvalue weighted by atomic mass is 10.0. The van der Waals surface area contributed by atoms with Crippen molar-refractivity contribution in [1.82, 2.24) is 4.90 Å². The summed E-state index contributed by atoms with van der Waals surface area (Å²) in [5.74, 6) is 0. The molecule has 0 radical (unpaired) electrons. The monoisotopic (exact) mass is 204 g/mol. The van der Waals surface area contributed by atoms with Gasteiger partial charge in [0.2, 0.25) is 0 Å². The number of hydrogen-bond acceptors (Lipinski definition) is 2. The number of benzene rings is 1. The molecule has 0 spiro atoms. The maximum atomic E-state index is 6.19. The van der Waals surface area contributed by atoms with Crippen molar-refractivity contribution in [2.24, 2.45) is 5.73 Å². The zero-order valence-electron chi connectivity index (χ0n) is 9.39. The first-order chi connectivity index (χ1) is 7.33. The molecule has 2 atom stereocenters. The number of rotatable bonds is 3. The highest BCUT2D eigenvalue weighted by atomic mass is 15.2. The van der Waals surface area contributed by atoms with Crippen molar-refractivity contribution in [3.63, 3.8) is 0 Å². The van der Waals surface area contributed by atoms with Crippen LogP contribution in [0.4, 0.5) is 0 Å². The minimum Gasteiger partial charge on any atom is -0.326 e. The Morgan fingerprint density at radius 2 is 2.07 bits per heavy atom. The van der Waals surface area contributed by atoms with Gasteiger partial charge in [0.05, 0.1) is 0 Å². The molecule has 1 heterocycles. The summed E-state index contributed by atoms with van der Waals surface area (Å²) in [6.07, 6.45) is 2.33. The van der Waals surface area contributed by atoms with Gasteiger partial charge in [-0.1, -0.05) is 37.3 Å².